The van der Waals surface area contributed by atoms with E-state index in [0.717, 1.165) is 57.9 Å². The fourth-order valence-electron chi connectivity index (χ4n) is 2.99. The third-order valence-electron chi connectivity index (χ3n) is 4.15. The molecule has 2 aliphatic rings. The second kappa shape index (κ2) is 6.91. The molecule has 0 aromatic heterocycles. The number of anilines is 1. The second-order valence-corrected chi connectivity index (χ2v) is 5.57. The van der Waals surface area contributed by atoms with Crippen LogP contribution >= 0.6 is 0 Å². The van der Waals surface area contributed by atoms with Crippen LogP contribution in [-0.4, -0.2) is 56.9 Å². The first-order valence-electron chi connectivity index (χ1n) is 7.78. The van der Waals surface area contributed by atoms with Crippen molar-refractivity contribution in [2.75, 3.05) is 50.8 Å². The van der Waals surface area contributed by atoms with E-state index in [2.05, 4.69) is 16.3 Å². The maximum Gasteiger partial charge on any atom is 0.321 e. The maximum atomic E-state index is 12.3. The van der Waals surface area contributed by atoms with Gasteiger partial charge in [0.15, 0.2) is 0 Å². The lowest BCUT2D eigenvalue weighted by Crippen LogP contribution is -2.43. The van der Waals surface area contributed by atoms with Gasteiger partial charge in [0, 0.05) is 45.0 Å². The highest BCUT2D eigenvalue weighted by molar-refractivity contribution is 5.94. The first kappa shape index (κ1) is 14.4. The lowest BCUT2D eigenvalue weighted by Gasteiger charge is -2.21. The molecule has 114 valence electrons. The molecule has 0 aliphatic carbocycles. The van der Waals surface area contributed by atoms with Crippen LogP contribution in [0.1, 0.15) is 12.0 Å². The van der Waals surface area contributed by atoms with Crippen LogP contribution in [0.3, 0.4) is 0 Å². The van der Waals surface area contributed by atoms with E-state index in [1.54, 1.807) is 0 Å². The van der Waals surface area contributed by atoms with Crippen molar-refractivity contribution in [2.45, 2.75) is 12.8 Å². The van der Waals surface area contributed by atoms with E-state index in [1.165, 1.54) is 5.56 Å². The van der Waals surface area contributed by atoms with Crippen LogP contribution in [0.25, 0.3) is 0 Å². The SMILES string of the molecule is O=C(NCCN1CCCOCC1)N1CCc2ccccc21. The monoisotopic (exact) mass is 289 g/mol. The number of nitrogens with one attached hydrogen (secondary N) is 1. The molecule has 1 fully saturated rings. The van der Waals surface area contributed by atoms with Gasteiger partial charge in [-0.2, -0.15) is 0 Å². The minimum absolute atomic E-state index is 0.0195. The number of benzene rings is 1. The molecule has 0 saturated carbocycles. The molecular weight excluding hydrogens is 266 g/mol. The molecule has 1 aromatic rings. The van der Waals surface area contributed by atoms with Crippen molar-refractivity contribution < 1.29 is 9.53 Å². The molecule has 0 spiro atoms. The standard InChI is InChI=1S/C16H23N3O2/c20-16(17-7-10-18-8-3-12-21-13-11-18)19-9-6-14-4-1-2-5-15(14)19/h1-2,4-5H,3,6-13H2,(H,17,20). The van der Waals surface area contributed by atoms with E-state index in [9.17, 15) is 4.79 Å². The van der Waals surface area contributed by atoms with Crippen molar-refractivity contribution >= 4 is 11.7 Å². The topological polar surface area (TPSA) is 44.8 Å². The van der Waals surface area contributed by atoms with Crippen molar-refractivity contribution in [2.24, 2.45) is 0 Å². The number of carbonyl (C=O) groups excluding carboxylic acids is 1. The van der Waals surface area contributed by atoms with Gasteiger partial charge < -0.3 is 10.1 Å². The molecule has 0 bridgehead atoms. The van der Waals surface area contributed by atoms with Crippen LogP contribution in [0.15, 0.2) is 24.3 Å². The number of rotatable bonds is 3. The second-order valence-electron chi connectivity index (χ2n) is 5.57. The van der Waals surface area contributed by atoms with Gasteiger partial charge in [-0.05, 0) is 24.5 Å². The molecule has 1 saturated heterocycles. The zero-order valence-electron chi connectivity index (χ0n) is 12.4. The van der Waals surface area contributed by atoms with Gasteiger partial charge in [0.05, 0.1) is 6.61 Å². The van der Waals surface area contributed by atoms with Crippen LogP contribution in [0.4, 0.5) is 10.5 Å². The van der Waals surface area contributed by atoms with Crippen molar-refractivity contribution in [1.82, 2.24) is 10.2 Å². The highest BCUT2D eigenvalue weighted by Crippen LogP contribution is 2.27. The zero-order valence-corrected chi connectivity index (χ0v) is 12.4. The summed E-state index contributed by atoms with van der Waals surface area (Å²) in [6, 6.07) is 8.16. The van der Waals surface area contributed by atoms with Crippen molar-refractivity contribution in [3.8, 4) is 0 Å². The molecular formula is C16H23N3O2. The van der Waals surface area contributed by atoms with Gasteiger partial charge in [-0.15, -0.1) is 0 Å². The Bertz CT molecular complexity index is 484. The number of hydrogen-bond donors (Lipinski definition) is 1. The molecule has 2 heterocycles. The number of urea groups is 1. The first-order chi connectivity index (χ1) is 10.3. The zero-order chi connectivity index (χ0) is 14.5. The van der Waals surface area contributed by atoms with Gasteiger partial charge in [0.25, 0.3) is 0 Å². The number of hydrogen-bond acceptors (Lipinski definition) is 3. The average molecular weight is 289 g/mol. The molecule has 3 rings (SSSR count). The van der Waals surface area contributed by atoms with Crippen molar-refractivity contribution in [3.05, 3.63) is 29.8 Å². The van der Waals surface area contributed by atoms with Crippen molar-refractivity contribution in [3.63, 3.8) is 0 Å². The van der Waals surface area contributed by atoms with Gasteiger partial charge in [0.1, 0.15) is 0 Å². The molecule has 5 heteroatoms. The summed E-state index contributed by atoms with van der Waals surface area (Å²) >= 11 is 0. The predicted molar refractivity (Wildman–Crippen MR) is 82.8 cm³/mol. The van der Waals surface area contributed by atoms with Gasteiger partial charge in [-0.1, -0.05) is 18.2 Å². The highest BCUT2D eigenvalue weighted by atomic mass is 16.5. The Morgan fingerprint density at radius 2 is 2.10 bits per heavy atom. The van der Waals surface area contributed by atoms with Crippen molar-refractivity contribution in [1.29, 1.82) is 0 Å². The molecule has 5 nitrogen and oxygen atoms in total. The van der Waals surface area contributed by atoms with Crippen LogP contribution in [-0.2, 0) is 11.2 Å². The quantitative estimate of drug-likeness (QED) is 0.917. The van der Waals surface area contributed by atoms with Crippen LogP contribution in [0, 0.1) is 0 Å². The molecule has 21 heavy (non-hydrogen) atoms. The Balaban J connectivity index is 1.47. The van der Waals surface area contributed by atoms with E-state index in [0.29, 0.717) is 6.54 Å². The summed E-state index contributed by atoms with van der Waals surface area (Å²) in [5, 5.41) is 3.04. The Morgan fingerprint density at radius 3 is 3.05 bits per heavy atom. The lowest BCUT2D eigenvalue weighted by molar-refractivity contribution is 0.141. The summed E-state index contributed by atoms with van der Waals surface area (Å²) in [6.07, 6.45) is 2.03. The third-order valence-corrected chi connectivity index (χ3v) is 4.15. The maximum absolute atomic E-state index is 12.3. The van der Waals surface area contributed by atoms with E-state index in [-0.39, 0.29) is 6.03 Å². The largest absolute Gasteiger partial charge is 0.380 e. The van der Waals surface area contributed by atoms with Gasteiger partial charge in [-0.25, -0.2) is 4.79 Å². The minimum atomic E-state index is 0.0195. The third kappa shape index (κ3) is 3.54. The number of para-hydroxylation sites is 1. The summed E-state index contributed by atoms with van der Waals surface area (Å²) in [5.74, 6) is 0. The Hall–Kier alpha value is -1.59. The molecule has 1 N–H and O–H groups in total. The van der Waals surface area contributed by atoms with Crippen LogP contribution in [0.5, 0.6) is 0 Å². The van der Waals surface area contributed by atoms with Gasteiger partial charge >= 0.3 is 6.03 Å². The molecule has 0 atom stereocenters. The fourth-order valence-corrected chi connectivity index (χ4v) is 2.99. The Morgan fingerprint density at radius 1 is 1.19 bits per heavy atom. The molecule has 0 radical (unpaired) electrons. The normalized spacial score (nSPS) is 19.1. The number of fused-ring (bicyclic) bond motifs is 1. The molecule has 2 amide bonds. The lowest BCUT2D eigenvalue weighted by atomic mass is 10.2. The summed E-state index contributed by atoms with van der Waals surface area (Å²) in [5.41, 5.74) is 2.32. The summed E-state index contributed by atoms with van der Waals surface area (Å²) < 4.78 is 5.44. The number of ether oxygens (including phenoxy) is 1. The first-order valence-corrected chi connectivity index (χ1v) is 7.78. The van der Waals surface area contributed by atoms with Gasteiger partial charge in [-0.3, -0.25) is 9.80 Å². The van der Waals surface area contributed by atoms with E-state index in [1.807, 2.05) is 23.1 Å². The average Bonchev–Trinajstić information content (AvgIpc) is 2.77. The number of amides is 2. The summed E-state index contributed by atoms with van der Waals surface area (Å²) in [6.45, 7) is 6.04. The smallest absolute Gasteiger partial charge is 0.321 e. The summed E-state index contributed by atoms with van der Waals surface area (Å²) in [4.78, 5) is 16.5. The number of carbonyl (C=O) groups is 1. The highest BCUT2D eigenvalue weighted by Gasteiger charge is 2.23. The Labute approximate surface area is 125 Å². The summed E-state index contributed by atoms with van der Waals surface area (Å²) in [7, 11) is 0. The predicted octanol–water partition coefficient (Wildman–Crippen LogP) is 1.48. The molecule has 0 unspecified atom stereocenters. The van der Waals surface area contributed by atoms with Crippen LogP contribution < -0.4 is 10.2 Å². The fraction of sp³-hybridized carbons (Fsp3) is 0.562. The Kier molecular flexibility index (Phi) is 4.72. The van der Waals surface area contributed by atoms with Crippen LogP contribution in [0.2, 0.25) is 0 Å². The number of nitrogens with zero attached hydrogens (tertiary/aromatic N) is 2. The molecule has 2 aliphatic heterocycles. The van der Waals surface area contributed by atoms with Gasteiger partial charge in [0.2, 0.25) is 0 Å². The molecule has 1 aromatic carbocycles. The minimum Gasteiger partial charge on any atom is -0.380 e. The van der Waals surface area contributed by atoms with E-state index in [4.69, 9.17) is 4.74 Å². The van der Waals surface area contributed by atoms with E-state index >= 15 is 0 Å². The van der Waals surface area contributed by atoms with E-state index < -0.39 is 0 Å².